The maximum Gasteiger partial charge on any atom is 0.166 e. The molecule has 104 valence electrons. The SMILES string of the molecule is CCC[C@@H](Nc1nc(Cl)c(C#N)cc1F)[C@@H](N)CC. The van der Waals surface area contributed by atoms with Gasteiger partial charge in [-0.05, 0) is 18.9 Å². The third kappa shape index (κ3) is 4.05. The Kier molecular flexibility index (Phi) is 6.00. The van der Waals surface area contributed by atoms with Crippen LogP contribution in [0.2, 0.25) is 5.15 Å². The highest BCUT2D eigenvalue weighted by Gasteiger charge is 2.18. The number of pyridine rings is 1. The molecule has 0 radical (unpaired) electrons. The molecule has 0 aromatic carbocycles. The van der Waals surface area contributed by atoms with Crippen molar-refractivity contribution in [3.05, 3.63) is 22.6 Å². The first-order valence-corrected chi connectivity index (χ1v) is 6.69. The van der Waals surface area contributed by atoms with E-state index in [4.69, 9.17) is 22.6 Å². The number of nitrogens with zero attached hydrogens (tertiary/aromatic N) is 2. The largest absolute Gasteiger partial charge is 0.363 e. The summed E-state index contributed by atoms with van der Waals surface area (Å²) in [5, 5.41) is 11.7. The van der Waals surface area contributed by atoms with Crippen molar-refractivity contribution in [2.24, 2.45) is 5.73 Å². The van der Waals surface area contributed by atoms with Gasteiger partial charge in [0.15, 0.2) is 11.6 Å². The summed E-state index contributed by atoms with van der Waals surface area (Å²) in [6, 6.07) is 2.71. The maximum atomic E-state index is 13.8. The Bertz CT molecular complexity index is 472. The van der Waals surface area contributed by atoms with Crippen molar-refractivity contribution in [3.63, 3.8) is 0 Å². The van der Waals surface area contributed by atoms with E-state index in [1.807, 2.05) is 13.8 Å². The molecule has 0 saturated carbocycles. The highest BCUT2D eigenvalue weighted by molar-refractivity contribution is 6.30. The summed E-state index contributed by atoms with van der Waals surface area (Å²) in [6.07, 6.45) is 2.52. The van der Waals surface area contributed by atoms with Gasteiger partial charge in [0.25, 0.3) is 0 Å². The zero-order chi connectivity index (χ0) is 14.4. The fourth-order valence-electron chi connectivity index (χ4n) is 1.81. The van der Waals surface area contributed by atoms with Crippen LogP contribution in [-0.2, 0) is 0 Å². The van der Waals surface area contributed by atoms with Crippen LogP contribution in [0, 0.1) is 17.1 Å². The number of aromatic nitrogens is 1. The Morgan fingerprint density at radius 3 is 2.79 bits per heavy atom. The number of halogens is 2. The molecule has 6 heteroatoms. The fraction of sp³-hybridized carbons (Fsp3) is 0.538. The summed E-state index contributed by atoms with van der Waals surface area (Å²) in [7, 11) is 0. The number of nitrogens with one attached hydrogen (secondary N) is 1. The number of anilines is 1. The molecule has 0 aliphatic rings. The third-order valence-corrected chi connectivity index (χ3v) is 3.25. The summed E-state index contributed by atoms with van der Waals surface area (Å²) < 4.78 is 13.8. The second-order valence-electron chi connectivity index (χ2n) is 4.38. The monoisotopic (exact) mass is 284 g/mol. The smallest absolute Gasteiger partial charge is 0.166 e. The van der Waals surface area contributed by atoms with Gasteiger partial charge in [-0.3, -0.25) is 0 Å². The van der Waals surface area contributed by atoms with Crippen molar-refractivity contribution in [2.45, 2.75) is 45.2 Å². The van der Waals surface area contributed by atoms with E-state index in [1.165, 1.54) is 0 Å². The number of nitriles is 1. The van der Waals surface area contributed by atoms with E-state index in [9.17, 15) is 4.39 Å². The van der Waals surface area contributed by atoms with Crippen LogP contribution in [0.3, 0.4) is 0 Å². The van der Waals surface area contributed by atoms with E-state index in [0.29, 0.717) is 0 Å². The summed E-state index contributed by atoms with van der Waals surface area (Å²) >= 11 is 5.80. The molecular formula is C13H18ClFN4. The molecule has 19 heavy (non-hydrogen) atoms. The number of hydrogen-bond acceptors (Lipinski definition) is 4. The Morgan fingerprint density at radius 2 is 2.26 bits per heavy atom. The van der Waals surface area contributed by atoms with Crippen molar-refractivity contribution < 1.29 is 4.39 Å². The van der Waals surface area contributed by atoms with E-state index in [0.717, 1.165) is 25.3 Å². The average molecular weight is 285 g/mol. The standard InChI is InChI=1S/C13H18ClFN4/c1-3-5-11(10(17)4-2)18-13-9(15)6-8(7-16)12(14)19-13/h6,10-11H,3-5,17H2,1-2H3,(H,18,19)/t10-,11+/m0/s1. The maximum absolute atomic E-state index is 13.8. The number of hydrogen-bond donors (Lipinski definition) is 2. The molecule has 4 nitrogen and oxygen atoms in total. The highest BCUT2D eigenvalue weighted by atomic mass is 35.5. The minimum Gasteiger partial charge on any atom is -0.363 e. The predicted molar refractivity (Wildman–Crippen MR) is 74.5 cm³/mol. The molecule has 1 aromatic rings. The molecule has 0 aliphatic heterocycles. The summed E-state index contributed by atoms with van der Waals surface area (Å²) in [6.45, 7) is 4.01. The molecule has 0 amide bonds. The minimum atomic E-state index is -0.592. The van der Waals surface area contributed by atoms with Gasteiger partial charge in [-0.2, -0.15) is 5.26 Å². The van der Waals surface area contributed by atoms with Crippen LogP contribution >= 0.6 is 11.6 Å². The third-order valence-electron chi connectivity index (χ3n) is 2.96. The Morgan fingerprint density at radius 1 is 1.58 bits per heavy atom. The van der Waals surface area contributed by atoms with Gasteiger partial charge in [-0.25, -0.2) is 9.37 Å². The van der Waals surface area contributed by atoms with Crippen LogP contribution in [0.25, 0.3) is 0 Å². The van der Waals surface area contributed by atoms with Crippen molar-refractivity contribution in [1.82, 2.24) is 4.98 Å². The van der Waals surface area contributed by atoms with Gasteiger partial charge >= 0.3 is 0 Å². The first-order chi connectivity index (χ1) is 9.03. The molecule has 0 bridgehead atoms. The first-order valence-electron chi connectivity index (χ1n) is 6.31. The van der Waals surface area contributed by atoms with E-state index in [1.54, 1.807) is 6.07 Å². The molecule has 0 aliphatic carbocycles. The van der Waals surface area contributed by atoms with E-state index < -0.39 is 5.82 Å². The van der Waals surface area contributed by atoms with E-state index in [-0.39, 0.29) is 28.6 Å². The average Bonchev–Trinajstić information content (AvgIpc) is 2.40. The van der Waals surface area contributed by atoms with Crippen LogP contribution < -0.4 is 11.1 Å². The summed E-state index contributed by atoms with van der Waals surface area (Å²) in [5.74, 6) is -0.545. The topological polar surface area (TPSA) is 74.7 Å². The molecule has 3 N–H and O–H groups in total. The molecule has 2 atom stereocenters. The van der Waals surface area contributed by atoms with Gasteiger partial charge < -0.3 is 11.1 Å². The van der Waals surface area contributed by atoms with Gasteiger partial charge in [-0.1, -0.05) is 31.9 Å². The van der Waals surface area contributed by atoms with Gasteiger partial charge in [-0.15, -0.1) is 0 Å². The van der Waals surface area contributed by atoms with Crippen LogP contribution in [0.4, 0.5) is 10.2 Å². The van der Waals surface area contributed by atoms with Crippen LogP contribution in [0.15, 0.2) is 6.07 Å². The lowest BCUT2D eigenvalue weighted by Crippen LogP contribution is -2.40. The van der Waals surface area contributed by atoms with Gasteiger partial charge in [0.2, 0.25) is 0 Å². The number of rotatable bonds is 6. The van der Waals surface area contributed by atoms with E-state index in [2.05, 4.69) is 10.3 Å². The van der Waals surface area contributed by atoms with Gasteiger partial charge in [0.05, 0.1) is 5.56 Å². The molecule has 1 rings (SSSR count). The Hall–Kier alpha value is -1.38. The van der Waals surface area contributed by atoms with Crippen molar-refractivity contribution in [2.75, 3.05) is 5.32 Å². The van der Waals surface area contributed by atoms with Crippen molar-refractivity contribution >= 4 is 17.4 Å². The second kappa shape index (κ2) is 7.27. The Labute approximate surface area is 117 Å². The summed E-state index contributed by atoms with van der Waals surface area (Å²) in [5.41, 5.74) is 6.02. The van der Waals surface area contributed by atoms with Crippen LogP contribution in [-0.4, -0.2) is 17.1 Å². The summed E-state index contributed by atoms with van der Waals surface area (Å²) in [4.78, 5) is 3.88. The van der Waals surface area contributed by atoms with Crippen molar-refractivity contribution in [3.8, 4) is 6.07 Å². The minimum absolute atomic E-state index is 0.00767. The molecular weight excluding hydrogens is 267 g/mol. The van der Waals surface area contributed by atoms with Crippen LogP contribution in [0.1, 0.15) is 38.7 Å². The fourth-order valence-corrected chi connectivity index (χ4v) is 1.99. The number of nitrogens with two attached hydrogens (primary N) is 1. The molecule has 0 fully saturated rings. The molecule has 1 heterocycles. The molecule has 0 unspecified atom stereocenters. The lowest BCUT2D eigenvalue weighted by Gasteiger charge is -2.24. The normalized spacial score (nSPS) is 13.7. The second-order valence-corrected chi connectivity index (χ2v) is 4.74. The zero-order valence-electron chi connectivity index (χ0n) is 11.1. The van der Waals surface area contributed by atoms with Crippen molar-refractivity contribution in [1.29, 1.82) is 5.26 Å². The lowest BCUT2D eigenvalue weighted by atomic mass is 10.0. The molecule has 1 aromatic heterocycles. The quantitative estimate of drug-likeness (QED) is 0.787. The molecule has 0 saturated heterocycles. The zero-order valence-corrected chi connectivity index (χ0v) is 11.8. The predicted octanol–water partition coefficient (Wildman–Crippen LogP) is 3.06. The van der Waals surface area contributed by atoms with Gasteiger partial charge in [0, 0.05) is 12.1 Å². The van der Waals surface area contributed by atoms with E-state index >= 15 is 0 Å². The molecule has 0 spiro atoms. The van der Waals surface area contributed by atoms with Crippen LogP contribution in [0.5, 0.6) is 0 Å². The van der Waals surface area contributed by atoms with Gasteiger partial charge in [0.1, 0.15) is 11.2 Å². The lowest BCUT2D eigenvalue weighted by molar-refractivity contribution is 0.501. The first kappa shape index (κ1) is 15.7. The highest BCUT2D eigenvalue weighted by Crippen LogP contribution is 2.21. The Balaban J connectivity index is 2.97.